The molecule has 0 aromatic carbocycles. The zero-order valence-electron chi connectivity index (χ0n) is 8.07. The molecule has 1 aromatic rings. The van der Waals surface area contributed by atoms with Crippen molar-refractivity contribution in [2.75, 3.05) is 6.54 Å². The molecule has 0 aliphatic heterocycles. The Morgan fingerprint density at radius 1 is 1.71 bits per heavy atom. The summed E-state index contributed by atoms with van der Waals surface area (Å²) in [6.45, 7) is 2.43. The first-order valence-corrected chi connectivity index (χ1v) is 5.36. The maximum atomic E-state index is 10.7. The quantitative estimate of drug-likeness (QED) is 0.654. The standard InChI is InChI=1S/C9H15N3OS/c1-6(7-2-3-14-5-7)12-4-8(10)9(11)13/h2-3,5-6,8,12H,4,10H2,1H3,(H2,11,13). The first-order chi connectivity index (χ1) is 6.61. The van der Waals surface area contributed by atoms with Crippen LogP contribution >= 0.6 is 11.3 Å². The summed E-state index contributed by atoms with van der Waals surface area (Å²) in [6.07, 6.45) is 0. The number of hydrogen-bond acceptors (Lipinski definition) is 4. The van der Waals surface area contributed by atoms with Crippen LogP contribution in [0.25, 0.3) is 0 Å². The summed E-state index contributed by atoms with van der Waals surface area (Å²) in [5.74, 6) is -0.477. The summed E-state index contributed by atoms with van der Waals surface area (Å²) < 4.78 is 0. The Kier molecular flexibility index (Phi) is 4.06. The fourth-order valence-electron chi connectivity index (χ4n) is 1.04. The van der Waals surface area contributed by atoms with Crippen molar-refractivity contribution in [2.45, 2.75) is 19.0 Å². The highest BCUT2D eigenvalue weighted by Gasteiger charge is 2.11. The number of hydrogen-bond donors (Lipinski definition) is 3. The third-order valence-electron chi connectivity index (χ3n) is 2.05. The van der Waals surface area contributed by atoms with E-state index in [1.807, 2.05) is 18.4 Å². The minimum Gasteiger partial charge on any atom is -0.368 e. The van der Waals surface area contributed by atoms with E-state index in [-0.39, 0.29) is 6.04 Å². The number of thiophene rings is 1. The minimum atomic E-state index is -0.615. The van der Waals surface area contributed by atoms with Gasteiger partial charge in [-0.3, -0.25) is 4.79 Å². The molecule has 2 unspecified atom stereocenters. The van der Waals surface area contributed by atoms with E-state index in [9.17, 15) is 4.79 Å². The van der Waals surface area contributed by atoms with Crippen LogP contribution < -0.4 is 16.8 Å². The number of nitrogens with one attached hydrogen (secondary N) is 1. The Balaban J connectivity index is 2.35. The van der Waals surface area contributed by atoms with Crippen LogP contribution in [0.2, 0.25) is 0 Å². The van der Waals surface area contributed by atoms with Crippen molar-refractivity contribution in [1.82, 2.24) is 5.32 Å². The van der Waals surface area contributed by atoms with E-state index in [0.29, 0.717) is 6.54 Å². The SMILES string of the molecule is CC(NCC(N)C(N)=O)c1ccsc1. The predicted molar refractivity (Wildman–Crippen MR) is 57.9 cm³/mol. The number of carbonyl (C=O) groups excluding carboxylic acids is 1. The van der Waals surface area contributed by atoms with Gasteiger partial charge in [-0.15, -0.1) is 0 Å². The molecule has 5 heteroatoms. The van der Waals surface area contributed by atoms with Gasteiger partial charge >= 0.3 is 0 Å². The molecule has 78 valence electrons. The molecule has 0 aliphatic carbocycles. The van der Waals surface area contributed by atoms with Crippen molar-refractivity contribution in [2.24, 2.45) is 11.5 Å². The van der Waals surface area contributed by atoms with Crippen molar-refractivity contribution in [3.63, 3.8) is 0 Å². The maximum absolute atomic E-state index is 10.7. The van der Waals surface area contributed by atoms with E-state index in [4.69, 9.17) is 11.5 Å². The van der Waals surface area contributed by atoms with Gasteiger partial charge in [0.1, 0.15) is 0 Å². The third kappa shape index (κ3) is 3.10. The summed E-state index contributed by atoms with van der Waals surface area (Å²) >= 11 is 1.65. The van der Waals surface area contributed by atoms with Gasteiger partial charge in [0.25, 0.3) is 0 Å². The zero-order chi connectivity index (χ0) is 10.6. The molecule has 0 saturated carbocycles. The van der Waals surface area contributed by atoms with Crippen molar-refractivity contribution >= 4 is 17.2 Å². The maximum Gasteiger partial charge on any atom is 0.235 e. The van der Waals surface area contributed by atoms with Crippen LogP contribution in [0.4, 0.5) is 0 Å². The second-order valence-electron chi connectivity index (χ2n) is 3.20. The molecule has 1 aromatic heterocycles. The normalized spacial score (nSPS) is 15.0. The lowest BCUT2D eigenvalue weighted by atomic mass is 10.1. The molecule has 1 amide bonds. The largest absolute Gasteiger partial charge is 0.368 e. The van der Waals surface area contributed by atoms with Gasteiger partial charge in [-0.05, 0) is 29.3 Å². The smallest absolute Gasteiger partial charge is 0.235 e. The first kappa shape index (κ1) is 11.2. The molecule has 1 heterocycles. The van der Waals surface area contributed by atoms with Crippen molar-refractivity contribution in [1.29, 1.82) is 0 Å². The third-order valence-corrected chi connectivity index (χ3v) is 2.75. The Morgan fingerprint density at radius 3 is 2.93 bits per heavy atom. The van der Waals surface area contributed by atoms with Gasteiger partial charge < -0.3 is 16.8 Å². The van der Waals surface area contributed by atoms with Crippen LogP contribution in [-0.4, -0.2) is 18.5 Å². The fraction of sp³-hybridized carbons (Fsp3) is 0.444. The number of nitrogens with two attached hydrogens (primary N) is 2. The molecule has 0 bridgehead atoms. The van der Waals surface area contributed by atoms with E-state index in [0.717, 1.165) is 0 Å². The first-order valence-electron chi connectivity index (χ1n) is 4.41. The van der Waals surface area contributed by atoms with E-state index in [2.05, 4.69) is 10.7 Å². The van der Waals surface area contributed by atoms with Crippen LogP contribution in [-0.2, 0) is 4.79 Å². The molecule has 1 rings (SSSR count). The van der Waals surface area contributed by atoms with Crippen LogP contribution in [0.1, 0.15) is 18.5 Å². The molecule has 5 N–H and O–H groups in total. The monoisotopic (exact) mass is 213 g/mol. The van der Waals surface area contributed by atoms with Gasteiger partial charge in [0.05, 0.1) is 6.04 Å². The summed E-state index contributed by atoms with van der Waals surface area (Å²) in [7, 11) is 0. The van der Waals surface area contributed by atoms with Gasteiger partial charge in [-0.2, -0.15) is 11.3 Å². The number of primary amides is 1. The number of rotatable bonds is 5. The topological polar surface area (TPSA) is 81.1 Å². The highest BCUT2D eigenvalue weighted by Crippen LogP contribution is 2.14. The summed E-state index contributed by atoms with van der Waals surface area (Å²) in [4.78, 5) is 10.7. The second kappa shape index (κ2) is 5.09. The number of amides is 1. The Bertz CT molecular complexity index is 286. The van der Waals surface area contributed by atoms with Crippen LogP contribution in [0.5, 0.6) is 0 Å². The average molecular weight is 213 g/mol. The van der Waals surface area contributed by atoms with E-state index >= 15 is 0 Å². The van der Waals surface area contributed by atoms with Gasteiger partial charge in [-0.25, -0.2) is 0 Å². The predicted octanol–water partition coefficient (Wildman–Crippen LogP) is 0.211. The van der Waals surface area contributed by atoms with Gasteiger partial charge in [-0.1, -0.05) is 0 Å². The average Bonchev–Trinajstić information content (AvgIpc) is 2.66. The lowest BCUT2D eigenvalue weighted by molar-refractivity contribution is -0.119. The highest BCUT2D eigenvalue weighted by molar-refractivity contribution is 7.07. The van der Waals surface area contributed by atoms with Crippen molar-refractivity contribution in [3.8, 4) is 0 Å². The van der Waals surface area contributed by atoms with Gasteiger partial charge in [0.2, 0.25) is 5.91 Å². The Labute approximate surface area is 87.3 Å². The minimum absolute atomic E-state index is 0.201. The molecule has 0 spiro atoms. The van der Waals surface area contributed by atoms with Gasteiger partial charge in [0.15, 0.2) is 0 Å². The molecule has 0 radical (unpaired) electrons. The van der Waals surface area contributed by atoms with Crippen LogP contribution in [0.3, 0.4) is 0 Å². The van der Waals surface area contributed by atoms with Gasteiger partial charge in [0, 0.05) is 12.6 Å². The number of carbonyl (C=O) groups is 1. The molecule has 14 heavy (non-hydrogen) atoms. The molecular weight excluding hydrogens is 198 g/mol. The lowest BCUT2D eigenvalue weighted by Crippen LogP contribution is -2.44. The van der Waals surface area contributed by atoms with E-state index in [1.54, 1.807) is 11.3 Å². The van der Waals surface area contributed by atoms with Crippen LogP contribution in [0.15, 0.2) is 16.8 Å². The summed E-state index contributed by atoms with van der Waals surface area (Å²) in [5.41, 5.74) is 11.7. The molecule has 4 nitrogen and oxygen atoms in total. The molecule has 0 saturated heterocycles. The van der Waals surface area contributed by atoms with Crippen molar-refractivity contribution < 1.29 is 4.79 Å². The highest BCUT2D eigenvalue weighted by atomic mass is 32.1. The second-order valence-corrected chi connectivity index (χ2v) is 3.98. The summed E-state index contributed by atoms with van der Waals surface area (Å²) in [5, 5.41) is 7.23. The fourth-order valence-corrected chi connectivity index (χ4v) is 1.80. The Morgan fingerprint density at radius 2 is 2.43 bits per heavy atom. The van der Waals surface area contributed by atoms with E-state index in [1.165, 1.54) is 5.56 Å². The van der Waals surface area contributed by atoms with Crippen molar-refractivity contribution in [3.05, 3.63) is 22.4 Å². The molecular formula is C9H15N3OS. The summed E-state index contributed by atoms with van der Waals surface area (Å²) in [6, 6.07) is 1.63. The molecule has 0 aliphatic rings. The Hall–Kier alpha value is -0.910. The van der Waals surface area contributed by atoms with Crippen LogP contribution in [0, 0.1) is 0 Å². The lowest BCUT2D eigenvalue weighted by Gasteiger charge is -2.14. The molecule has 2 atom stereocenters. The van der Waals surface area contributed by atoms with E-state index < -0.39 is 11.9 Å². The zero-order valence-corrected chi connectivity index (χ0v) is 8.88. The molecule has 0 fully saturated rings.